The zero-order chi connectivity index (χ0) is 5.28. The largest absolute Gasteiger partial charge is 0.862 e. The molecule has 0 spiro atoms. The van der Waals surface area contributed by atoms with Gasteiger partial charge in [-0.3, -0.25) is 4.79 Å². The van der Waals surface area contributed by atoms with Crippen molar-refractivity contribution in [2.75, 3.05) is 0 Å². The van der Waals surface area contributed by atoms with Crippen LogP contribution in [0, 0.1) is 0 Å². The van der Waals surface area contributed by atoms with Crippen LogP contribution in [-0.4, -0.2) is 11.8 Å². The topological polar surface area (TPSA) is 52.5 Å². The van der Waals surface area contributed by atoms with Gasteiger partial charge in [0.15, 0.2) is 0 Å². The molecule has 0 atom stereocenters. The summed E-state index contributed by atoms with van der Waals surface area (Å²) in [5.41, 5.74) is 0. The Hall–Kier alpha value is -0.860. The molecule has 7 heavy (non-hydrogen) atoms. The molecule has 0 aromatic rings. The van der Waals surface area contributed by atoms with E-state index in [0.717, 1.165) is 0 Å². The molecule has 0 saturated heterocycles. The normalized spacial score (nSPS) is 20.0. The molecule has 0 unspecified atom stereocenters. The summed E-state index contributed by atoms with van der Waals surface area (Å²) < 4.78 is 0. The lowest BCUT2D eigenvalue weighted by molar-refractivity contribution is -0.217. The predicted octanol–water partition coefficient (Wildman–Crippen LogP) is -0.934. The van der Waals surface area contributed by atoms with Gasteiger partial charge < -0.3 is 5.11 Å². The summed E-state index contributed by atoms with van der Waals surface area (Å²) in [6.45, 7) is 0. The van der Waals surface area contributed by atoms with E-state index in [-0.39, 0.29) is 11.8 Å². The maximum Gasteiger partial charge on any atom is 0.245 e. The van der Waals surface area contributed by atoms with Crippen LogP contribution < -0.4 is 5.11 Å². The van der Waals surface area contributed by atoms with Crippen molar-refractivity contribution < 1.29 is 9.90 Å². The minimum atomic E-state index is -0.273. The van der Waals surface area contributed by atoms with Crippen LogP contribution in [0.1, 0.15) is 12.8 Å². The van der Waals surface area contributed by atoms with Crippen LogP contribution in [0.4, 0.5) is 0 Å². The lowest BCUT2D eigenvalue weighted by atomic mass is 10.4. The molecule has 1 rings (SSSR count). The molecule has 0 bridgehead atoms. The Balaban J connectivity index is 2.67. The van der Waals surface area contributed by atoms with E-state index in [1.165, 1.54) is 0 Å². The van der Waals surface area contributed by atoms with Gasteiger partial charge in [-0.15, -0.1) is 0 Å². The van der Waals surface area contributed by atoms with Crippen LogP contribution in [0.5, 0.6) is 0 Å². The van der Waals surface area contributed by atoms with Gasteiger partial charge >= 0.3 is 0 Å². The van der Waals surface area contributed by atoms with Gasteiger partial charge in [-0.05, 0) is 12.3 Å². The first-order valence-corrected chi connectivity index (χ1v) is 2.06. The first-order chi connectivity index (χ1) is 3.29. The second-order valence-electron chi connectivity index (χ2n) is 1.40. The molecule has 0 saturated carbocycles. The van der Waals surface area contributed by atoms with Crippen molar-refractivity contribution in [1.29, 1.82) is 0 Å². The number of nitrogens with zero attached hydrogens (tertiary/aromatic N) is 1. The van der Waals surface area contributed by atoms with E-state index in [1.807, 2.05) is 0 Å². The summed E-state index contributed by atoms with van der Waals surface area (Å²) in [6, 6.07) is 0. The molecule has 0 aromatic heterocycles. The molecule has 0 N–H and O–H groups in total. The maximum absolute atomic E-state index is 10.1. The Morgan fingerprint density at radius 2 is 2.29 bits per heavy atom. The van der Waals surface area contributed by atoms with Gasteiger partial charge in [0.25, 0.3) is 0 Å². The number of carbonyl (C=O) groups is 1. The van der Waals surface area contributed by atoms with E-state index in [4.69, 9.17) is 0 Å². The Labute approximate surface area is 40.7 Å². The number of aliphatic imine (C=N–C) groups is 1. The summed E-state index contributed by atoms with van der Waals surface area (Å²) >= 11 is 0. The quantitative estimate of drug-likeness (QED) is 0.393. The average molecular weight is 98.1 g/mol. The fourth-order valence-corrected chi connectivity index (χ4v) is 0.465. The van der Waals surface area contributed by atoms with Gasteiger partial charge in [0, 0.05) is 6.42 Å². The highest BCUT2D eigenvalue weighted by molar-refractivity contribution is 5.96. The summed E-state index contributed by atoms with van der Waals surface area (Å²) in [6.07, 6.45) is 0.637. The van der Waals surface area contributed by atoms with Crippen molar-refractivity contribution in [3.8, 4) is 0 Å². The van der Waals surface area contributed by atoms with Gasteiger partial charge in [0.05, 0.1) is 0 Å². The fraction of sp³-hybridized carbons (Fsp3) is 0.500. The smallest absolute Gasteiger partial charge is 0.245 e. The highest BCUT2D eigenvalue weighted by atomic mass is 16.3. The van der Waals surface area contributed by atoms with E-state index >= 15 is 0 Å². The SMILES string of the molecule is O=C1CCC([O-])=N1. The number of hydrogen-bond donors (Lipinski definition) is 0. The van der Waals surface area contributed by atoms with Crippen molar-refractivity contribution in [2.45, 2.75) is 12.8 Å². The van der Waals surface area contributed by atoms with E-state index in [9.17, 15) is 9.90 Å². The molecule has 3 heteroatoms. The van der Waals surface area contributed by atoms with E-state index in [2.05, 4.69) is 4.99 Å². The summed E-state index contributed by atoms with van der Waals surface area (Å²) in [5, 5.41) is 10.1. The Morgan fingerprint density at radius 1 is 1.57 bits per heavy atom. The van der Waals surface area contributed by atoms with Crippen LogP contribution in [0.3, 0.4) is 0 Å². The molecule has 1 aliphatic rings. The van der Waals surface area contributed by atoms with Gasteiger partial charge in [-0.1, -0.05) is 0 Å². The first-order valence-electron chi connectivity index (χ1n) is 2.06. The lowest BCUT2D eigenvalue weighted by Gasteiger charge is -1.95. The van der Waals surface area contributed by atoms with Crippen LogP contribution in [0.25, 0.3) is 0 Å². The summed E-state index contributed by atoms with van der Waals surface area (Å²) in [7, 11) is 0. The van der Waals surface area contributed by atoms with Gasteiger partial charge in [-0.2, -0.15) is 0 Å². The Kier molecular flexibility index (Phi) is 0.817. The van der Waals surface area contributed by atoms with Crippen LogP contribution >= 0.6 is 0 Å². The van der Waals surface area contributed by atoms with Crippen molar-refractivity contribution in [3.63, 3.8) is 0 Å². The summed E-state index contributed by atoms with van der Waals surface area (Å²) in [4.78, 5) is 13.2. The van der Waals surface area contributed by atoms with Crippen molar-refractivity contribution in [3.05, 3.63) is 0 Å². The number of carbonyl (C=O) groups excluding carboxylic acids is 1. The summed E-state index contributed by atoms with van der Waals surface area (Å²) in [5.74, 6) is -0.546. The van der Waals surface area contributed by atoms with Crippen LogP contribution in [0.15, 0.2) is 4.99 Å². The maximum atomic E-state index is 10.1. The minimum Gasteiger partial charge on any atom is -0.862 e. The lowest BCUT2D eigenvalue weighted by Crippen LogP contribution is -2.12. The number of amides is 1. The molecular weight excluding hydrogens is 94.0 g/mol. The molecule has 3 nitrogen and oxygen atoms in total. The second kappa shape index (κ2) is 1.33. The highest BCUT2D eigenvalue weighted by Gasteiger charge is 2.04. The number of hydrogen-bond acceptors (Lipinski definition) is 2. The standard InChI is InChI=1S/C4H5NO2/c6-3-1-2-4(7)5-3/h1-2H2,(H,5,6,7)/p-1. The third-order valence-corrected chi connectivity index (χ3v) is 0.802. The molecule has 0 aliphatic carbocycles. The van der Waals surface area contributed by atoms with Crippen LogP contribution in [-0.2, 0) is 4.79 Å². The first kappa shape index (κ1) is 4.30. The zero-order valence-corrected chi connectivity index (χ0v) is 3.68. The average Bonchev–Trinajstić information content (AvgIpc) is 1.87. The molecule has 38 valence electrons. The molecule has 0 radical (unpaired) electrons. The molecule has 0 aromatic carbocycles. The molecular formula is C4H4NO2-. The van der Waals surface area contributed by atoms with Gasteiger partial charge in [0.2, 0.25) is 5.91 Å². The monoisotopic (exact) mass is 98.0 g/mol. The van der Waals surface area contributed by atoms with E-state index in [0.29, 0.717) is 12.8 Å². The Bertz CT molecular complexity index is 128. The minimum absolute atomic E-state index is 0.273. The van der Waals surface area contributed by atoms with E-state index < -0.39 is 0 Å². The molecule has 1 amide bonds. The van der Waals surface area contributed by atoms with E-state index in [1.54, 1.807) is 0 Å². The van der Waals surface area contributed by atoms with Gasteiger partial charge in [-0.25, -0.2) is 4.99 Å². The third-order valence-electron chi connectivity index (χ3n) is 0.802. The Morgan fingerprint density at radius 3 is 2.43 bits per heavy atom. The fourth-order valence-electron chi connectivity index (χ4n) is 0.465. The zero-order valence-electron chi connectivity index (χ0n) is 3.68. The number of rotatable bonds is 0. The van der Waals surface area contributed by atoms with Gasteiger partial charge in [0.1, 0.15) is 0 Å². The van der Waals surface area contributed by atoms with Crippen molar-refractivity contribution in [2.24, 2.45) is 4.99 Å². The predicted molar refractivity (Wildman–Crippen MR) is 21.7 cm³/mol. The third kappa shape index (κ3) is 0.765. The molecule has 0 fully saturated rings. The van der Waals surface area contributed by atoms with Crippen molar-refractivity contribution >= 4 is 11.8 Å². The van der Waals surface area contributed by atoms with Crippen molar-refractivity contribution in [1.82, 2.24) is 0 Å². The highest BCUT2D eigenvalue weighted by Crippen LogP contribution is 1.99. The van der Waals surface area contributed by atoms with Crippen LogP contribution in [0.2, 0.25) is 0 Å². The molecule has 1 heterocycles. The molecule has 1 aliphatic heterocycles. The second-order valence-corrected chi connectivity index (χ2v) is 1.40.